The standard InChI is InChI=1S/C30H44/c1-3-5-7-9-25-11-15-27(16-12-25)23-29-19-21-30(22-20-29)24-28-17-13-26(14-18-28)10-8-6-4-2/h11-18,29-30H,3-10,19-24H2,1-2H3. The van der Waals surface area contributed by atoms with Crippen LogP contribution in [0.25, 0.3) is 0 Å². The second-order valence-corrected chi connectivity index (χ2v) is 9.84. The van der Waals surface area contributed by atoms with Gasteiger partial charge in [-0.25, -0.2) is 0 Å². The number of hydrogen-bond donors (Lipinski definition) is 0. The summed E-state index contributed by atoms with van der Waals surface area (Å²) in [5.41, 5.74) is 6.15. The molecular formula is C30H44. The van der Waals surface area contributed by atoms with E-state index >= 15 is 0 Å². The largest absolute Gasteiger partial charge is 0.0654 e. The predicted octanol–water partition coefficient (Wildman–Crippen LogP) is 8.74. The minimum absolute atomic E-state index is 0.896. The highest BCUT2D eigenvalue weighted by Crippen LogP contribution is 2.33. The van der Waals surface area contributed by atoms with Gasteiger partial charge in [0.2, 0.25) is 0 Å². The van der Waals surface area contributed by atoms with Crippen LogP contribution in [-0.4, -0.2) is 0 Å². The van der Waals surface area contributed by atoms with E-state index in [-0.39, 0.29) is 0 Å². The fourth-order valence-electron chi connectivity index (χ4n) is 5.15. The Morgan fingerprint density at radius 1 is 0.500 bits per heavy atom. The first-order valence-corrected chi connectivity index (χ1v) is 12.9. The van der Waals surface area contributed by atoms with Crippen LogP contribution in [0, 0.1) is 11.8 Å². The van der Waals surface area contributed by atoms with Crippen LogP contribution in [0.3, 0.4) is 0 Å². The zero-order valence-corrected chi connectivity index (χ0v) is 19.7. The van der Waals surface area contributed by atoms with Crippen LogP contribution in [-0.2, 0) is 25.7 Å². The van der Waals surface area contributed by atoms with E-state index < -0.39 is 0 Å². The van der Waals surface area contributed by atoms with Crippen molar-refractivity contribution in [3.8, 4) is 0 Å². The quantitative estimate of drug-likeness (QED) is 0.310. The van der Waals surface area contributed by atoms with Gasteiger partial charge in [-0.15, -0.1) is 0 Å². The molecular weight excluding hydrogens is 360 g/mol. The highest BCUT2D eigenvalue weighted by Gasteiger charge is 2.21. The van der Waals surface area contributed by atoms with Gasteiger partial charge >= 0.3 is 0 Å². The van der Waals surface area contributed by atoms with Crippen LogP contribution in [0.5, 0.6) is 0 Å². The first-order chi connectivity index (χ1) is 14.8. The molecule has 0 heterocycles. The maximum atomic E-state index is 2.40. The van der Waals surface area contributed by atoms with E-state index in [1.54, 1.807) is 11.1 Å². The molecule has 0 aliphatic heterocycles. The number of aryl methyl sites for hydroxylation is 2. The Kier molecular flexibility index (Phi) is 10.0. The molecule has 0 unspecified atom stereocenters. The minimum Gasteiger partial charge on any atom is -0.0654 e. The average molecular weight is 405 g/mol. The van der Waals surface area contributed by atoms with Crippen molar-refractivity contribution in [1.82, 2.24) is 0 Å². The number of benzene rings is 2. The molecule has 2 aromatic rings. The molecule has 1 aliphatic rings. The molecule has 0 nitrogen and oxygen atoms in total. The Morgan fingerprint density at radius 3 is 1.17 bits per heavy atom. The Hall–Kier alpha value is -1.56. The van der Waals surface area contributed by atoms with Gasteiger partial charge in [0.05, 0.1) is 0 Å². The van der Waals surface area contributed by atoms with Gasteiger partial charge in [-0.05, 0) is 98.3 Å². The first kappa shape index (κ1) is 23.1. The second kappa shape index (κ2) is 13.0. The van der Waals surface area contributed by atoms with E-state index in [1.165, 1.54) is 101 Å². The number of rotatable bonds is 12. The van der Waals surface area contributed by atoms with Crippen LogP contribution in [0.15, 0.2) is 48.5 Å². The zero-order chi connectivity index (χ0) is 21.0. The lowest BCUT2D eigenvalue weighted by Crippen LogP contribution is -2.18. The van der Waals surface area contributed by atoms with Crippen molar-refractivity contribution < 1.29 is 0 Å². The molecule has 1 fully saturated rings. The molecule has 3 rings (SSSR count). The molecule has 1 saturated carbocycles. The van der Waals surface area contributed by atoms with Crippen molar-refractivity contribution in [2.45, 2.75) is 104 Å². The fraction of sp³-hybridized carbons (Fsp3) is 0.600. The molecule has 0 spiro atoms. The topological polar surface area (TPSA) is 0 Å². The van der Waals surface area contributed by atoms with E-state index in [2.05, 4.69) is 62.4 Å². The molecule has 30 heavy (non-hydrogen) atoms. The SMILES string of the molecule is CCCCCc1ccc(CC2CCC(Cc3ccc(CCCCC)cc3)CC2)cc1. The summed E-state index contributed by atoms with van der Waals surface area (Å²) in [6, 6.07) is 19.1. The molecule has 0 saturated heterocycles. The van der Waals surface area contributed by atoms with E-state index in [9.17, 15) is 0 Å². The van der Waals surface area contributed by atoms with Crippen molar-refractivity contribution >= 4 is 0 Å². The van der Waals surface area contributed by atoms with Gasteiger partial charge in [-0.2, -0.15) is 0 Å². The maximum Gasteiger partial charge on any atom is -0.0250 e. The molecule has 0 aromatic heterocycles. The van der Waals surface area contributed by atoms with Crippen LogP contribution < -0.4 is 0 Å². The van der Waals surface area contributed by atoms with Crippen LogP contribution in [0.4, 0.5) is 0 Å². The van der Waals surface area contributed by atoms with Crippen molar-refractivity contribution in [3.63, 3.8) is 0 Å². The number of unbranched alkanes of at least 4 members (excludes halogenated alkanes) is 4. The Morgan fingerprint density at radius 2 is 0.833 bits per heavy atom. The van der Waals surface area contributed by atoms with Crippen LogP contribution >= 0.6 is 0 Å². The van der Waals surface area contributed by atoms with Gasteiger partial charge in [0.25, 0.3) is 0 Å². The third kappa shape index (κ3) is 7.93. The van der Waals surface area contributed by atoms with Crippen LogP contribution in [0.1, 0.15) is 100 Å². The van der Waals surface area contributed by atoms with Gasteiger partial charge in [0, 0.05) is 0 Å². The predicted molar refractivity (Wildman–Crippen MR) is 132 cm³/mol. The molecule has 0 radical (unpaired) electrons. The third-order valence-electron chi connectivity index (χ3n) is 7.20. The summed E-state index contributed by atoms with van der Waals surface area (Å²) in [5, 5.41) is 0. The monoisotopic (exact) mass is 404 g/mol. The lowest BCUT2D eigenvalue weighted by atomic mass is 9.77. The lowest BCUT2D eigenvalue weighted by Gasteiger charge is -2.28. The molecule has 0 amide bonds. The molecule has 2 aromatic carbocycles. The first-order valence-electron chi connectivity index (χ1n) is 12.9. The second-order valence-electron chi connectivity index (χ2n) is 9.84. The molecule has 0 atom stereocenters. The molecule has 0 heteroatoms. The highest BCUT2D eigenvalue weighted by molar-refractivity contribution is 5.24. The molecule has 0 N–H and O–H groups in total. The van der Waals surface area contributed by atoms with Crippen molar-refractivity contribution in [2.75, 3.05) is 0 Å². The summed E-state index contributed by atoms with van der Waals surface area (Å²) >= 11 is 0. The molecule has 164 valence electrons. The normalized spacial score (nSPS) is 19.1. The molecule has 0 bridgehead atoms. The Labute approximate surface area is 186 Å². The van der Waals surface area contributed by atoms with Gasteiger partial charge < -0.3 is 0 Å². The zero-order valence-electron chi connectivity index (χ0n) is 19.7. The van der Waals surface area contributed by atoms with E-state index in [1.807, 2.05) is 0 Å². The van der Waals surface area contributed by atoms with Gasteiger partial charge in [-0.3, -0.25) is 0 Å². The fourth-order valence-corrected chi connectivity index (χ4v) is 5.15. The smallest absolute Gasteiger partial charge is 0.0250 e. The lowest BCUT2D eigenvalue weighted by molar-refractivity contribution is 0.272. The summed E-state index contributed by atoms with van der Waals surface area (Å²) < 4.78 is 0. The van der Waals surface area contributed by atoms with Crippen molar-refractivity contribution in [1.29, 1.82) is 0 Å². The van der Waals surface area contributed by atoms with E-state index in [4.69, 9.17) is 0 Å². The summed E-state index contributed by atoms with van der Waals surface area (Å²) in [6.07, 6.45) is 18.7. The van der Waals surface area contributed by atoms with Gasteiger partial charge in [0.15, 0.2) is 0 Å². The minimum atomic E-state index is 0.896. The average Bonchev–Trinajstić information content (AvgIpc) is 2.78. The third-order valence-corrected chi connectivity index (χ3v) is 7.20. The summed E-state index contributed by atoms with van der Waals surface area (Å²) in [4.78, 5) is 0. The summed E-state index contributed by atoms with van der Waals surface area (Å²) in [5.74, 6) is 1.79. The summed E-state index contributed by atoms with van der Waals surface area (Å²) in [7, 11) is 0. The summed E-state index contributed by atoms with van der Waals surface area (Å²) in [6.45, 7) is 4.56. The van der Waals surface area contributed by atoms with Gasteiger partial charge in [-0.1, -0.05) is 88.1 Å². The molecule has 1 aliphatic carbocycles. The van der Waals surface area contributed by atoms with Crippen molar-refractivity contribution in [3.05, 3.63) is 70.8 Å². The Bertz CT molecular complexity index is 622. The number of hydrogen-bond acceptors (Lipinski definition) is 0. The highest BCUT2D eigenvalue weighted by atomic mass is 14.3. The van der Waals surface area contributed by atoms with Crippen molar-refractivity contribution in [2.24, 2.45) is 11.8 Å². The van der Waals surface area contributed by atoms with Crippen LogP contribution in [0.2, 0.25) is 0 Å². The Balaban J connectivity index is 1.37. The maximum absolute atomic E-state index is 2.40. The van der Waals surface area contributed by atoms with E-state index in [0.717, 1.165) is 11.8 Å². The van der Waals surface area contributed by atoms with Gasteiger partial charge in [0.1, 0.15) is 0 Å². The van der Waals surface area contributed by atoms with E-state index in [0.29, 0.717) is 0 Å².